The molecule has 6 heteroatoms. The Morgan fingerprint density at radius 1 is 1.22 bits per heavy atom. The normalized spacial score (nSPS) is 16.1. The first kappa shape index (κ1) is 20.0. The Kier molecular flexibility index (Phi) is 7.78. The summed E-state index contributed by atoms with van der Waals surface area (Å²) in [4.78, 5) is 6.32. The van der Waals surface area contributed by atoms with Gasteiger partial charge < -0.3 is 19.8 Å². The van der Waals surface area contributed by atoms with E-state index in [4.69, 9.17) is 14.1 Å². The number of thiophene rings is 1. The first-order valence-electron chi connectivity index (χ1n) is 9.86. The number of ether oxygens (including phenoxy) is 1. The van der Waals surface area contributed by atoms with Crippen LogP contribution in [-0.4, -0.2) is 39.3 Å². The minimum atomic E-state index is 0.333. The molecule has 0 bridgehead atoms. The second kappa shape index (κ2) is 10.5. The summed E-state index contributed by atoms with van der Waals surface area (Å²) in [5.74, 6) is 1.90. The number of methoxy groups -OCH3 is 1. The van der Waals surface area contributed by atoms with Gasteiger partial charge in [-0.25, -0.2) is 0 Å². The van der Waals surface area contributed by atoms with Crippen molar-refractivity contribution in [3.8, 4) is 0 Å². The predicted octanol–water partition coefficient (Wildman–Crippen LogP) is 3.87. The average molecular weight is 390 g/mol. The van der Waals surface area contributed by atoms with Gasteiger partial charge in [0.15, 0.2) is 5.96 Å². The number of hydrogen-bond acceptors (Lipinski definition) is 4. The zero-order valence-electron chi connectivity index (χ0n) is 16.2. The molecule has 1 fully saturated rings. The summed E-state index contributed by atoms with van der Waals surface area (Å²) in [6, 6.07) is 8.23. The van der Waals surface area contributed by atoms with E-state index < -0.39 is 0 Å². The predicted molar refractivity (Wildman–Crippen MR) is 112 cm³/mol. The van der Waals surface area contributed by atoms with Gasteiger partial charge in [-0.3, -0.25) is 4.99 Å². The van der Waals surface area contributed by atoms with Crippen LogP contribution in [0.2, 0.25) is 0 Å². The summed E-state index contributed by atoms with van der Waals surface area (Å²) < 4.78 is 10.7. The molecule has 2 N–H and O–H groups in total. The minimum Gasteiger partial charge on any atom is -0.469 e. The van der Waals surface area contributed by atoms with Crippen molar-refractivity contribution in [2.75, 3.05) is 33.4 Å². The largest absolute Gasteiger partial charge is 0.469 e. The van der Waals surface area contributed by atoms with Crippen LogP contribution in [0.25, 0.3) is 0 Å². The molecule has 2 heterocycles. The fourth-order valence-corrected chi connectivity index (χ4v) is 4.13. The topological polar surface area (TPSA) is 58.8 Å². The van der Waals surface area contributed by atoms with Crippen molar-refractivity contribution >= 4 is 17.3 Å². The Hall–Kier alpha value is -1.79. The zero-order valence-corrected chi connectivity index (χ0v) is 17.0. The first-order chi connectivity index (χ1) is 13.3. The van der Waals surface area contributed by atoms with E-state index in [2.05, 4.69) is 28.1 Å². The van der Waals surface area contributed by atoms with Crippen LogP contribution in [0.3, 0.4) is 0 Å². The monoisotopic (exact) mass is 389 g/mol. The molecule has 1 aliphatic rings. The lowest BCUT2D eigenvalue weighted by Crippen LogP contribution is -2.41. The smallest absolute Gasteiger partial charge is 0.191 e. The molecule has 5 nitrogen and oxygen atoms in total. The Labute approximate surface area is 166 Å². The summed E-state index contributed by atoms with van der Waals surface area (Å²) in [7, 11) is 1.78. The van der Waals surface area contributed by atoms with Crippen LogP contribution in [0.1, 0.15) is 36.3 Å². The molecule has 0 saturated heterocycles. The van der Waals surface area contributed by atoms with E-state index in [1.54, 1.807) is 24.7 Å². The van der Waals surface area contributed by atoms with Gasteiger partial charge in [0.1, 0.15) is 5.76 Å². The van der Waals surface area contributed by atoms with E-state index in [9.17, 15) is 0 Å². The average Bonchev–Trinajstić information content (AvgIpc) is 3.34. The van der Waals surface area contributed by atoms with E-state index >= 15 is 0 Å². The van der Waals surface area contributed by atoms with Gasteiger partial charge in [-0.15, -0.1) is 11.3 Å². The maximum Gasteiger partial charge on any atom is 0.191 e. The quantitative estimate of drug-likeness (QED) is 0.452. The van der Waals surface area contributed by atoms with E-state index in [0.29, 0.717) is 5.41 Å². The second-order valence-electron chi connectivity index (χ2n) is 7.27. The third-order valence-electron chi connectivity index (χ3n) is 5.31. The van der Waals surface area contributed by atoms with E-state index in [-0.39, 0.29) is 0 Å². The molecule has 27 heavy (non-hydrogen) atoms. The standard InChI is InChI=1S/C21H31N3O2S/c1-25-15-11-21(9-4-10-21)17-24-20(22-12-7-18-5-2-14-26-18)23-13-8-19-6-3-16-27-19/h2-3,5-6,14,16H,4,7-13,15,17H2,1H3,(H2,22,23,24). The van der Waals surface area contributed by atoms with Gasteiger partial charge in [-0.2, -0.15) is 0 Å². The Bertz CT molecular complexity index is 621. The maximum atomic E-state index is 5.42. The fourth-order valence-electron chi connectivity index (χ4n) is 3.42. The lowest BCUT2D eigenvalue weighted by molar-refractivity contribution is 0.0778. The highest BCUT2D eigenvalue weighted by molar-refractivity contribution is 7.09. The number of guanidine groups is 1. The van der Waals surface area contributed by atoms with Crippen LogP contribution < -0.4 is 10.6 Å². The molecule has 0 radical (unpaired) electrons. The molecular weight excluding hydrogens is 358 g/mol. The summed E-state index contributed by atoms with van der Waals surface area (Å²) in [5, 5.41) is 9.09. The highest BCUT2D eigenvalue weighted by atomic mass is 32.1. The van der Waals surface area contributed by atoms with Crippen molar-refractivity contribution in [2.24, 2.45) is 10.4 Å². The fraction of sp³-hybridized carbons (Fsp3) is 0.571. The Morgan fingerprint density at radius 3 is 2.70 bits per heavy atom. The molecule has 3 rings (SSSR count). The molecule has 0 aromatic carbocycles. The second-order valence-corrected chi connectivity index (χ2v) is 8.31. The number of hydrogen-bond donors (Lipinski definition) is 2. The van der Waals surface area contributed by atoms with Crippen molar-refractivity contribution < 1.29 is 9.15 Å². The third-order valence-corrected chi connectivity index (χ3v) is 6.25. The Balaban J connectivity index is 1.51. The summed E-state index contributed by atoms with van der Waals surface area (Å²) in [5.41, 5.74) is 0.333. The maximum absolute atomic E-state index is 5.42. The Morgan fingerprint density at radius 2 is 2.07 bits per heavy atom. The van der Waals surface area contributed by atoms with Crippen molar-refractivity contribution in [2.45, 2.75) is 38.5 Å². The number of aliphatic imine (C=N–C) groups is 1. The number of nitrogens with zero attached hydrogens (tertiary/aromatic N) is 1. The lowest BCUT2D eigenvalue weighted by Gasteiger charge is -2.40. The lowest BCUT2D eigenvalue weighted by atomic mass is 9.67. The van der Waals surface area contributed by atoms with Crippen LogP contribution in [0, 0.1) is 5.41 Å². The van der Waals surface area contributed by atoms with Gasteiger partial charge in [0, 0.05) is 44.6 Å². The number of furan rings is 1. The highest BCUT2D eigenvalue weighted by Crippen LogP contribution is 2.44. The SMILES string of the molecule is COCCC1(CN=C(NCCc2ccco2)NCCc2cccs2)CCC1. The molecular formula is C21H31N3O2S. The van der Waals surface area contributed by atoms with Crippen LogP contribution in [-0.2, 0) is 17.6 Å². The van der Waals surface area contributed by atoms with Crippen LogP contribution in [0.4, 0.5) is 0 Å². The van der Waals surface area contributed by atoms with E-state index in [0.717, 1.165) is 57.2 Å². The van der Waals surface area contributed by atoms with Gasteiger partial charge in [0.25, 0.3) is 0 Å². The summed E-state index contributed by atoms with van der Waals surface area (Å²) in [6.45, 7) is 3.38. The molecule has 0 atom stereocenters. The van der Waals surface area contributed by atoms with Crippen LogP contribution in [0.5, 0.6) is 0 Å². The van der Waals surface area contributed by atoms with Gasteiger partial charge >= 0.3 is 0 Å². The van der Waals surface area contributed by atoms with Crippen LogP contribution in [0.15, 0.2) is 45.3 Å². The molecule has 2 aromatic rings. The molecule has 0 amide bonds. The van der Waals surface area contributed by atoms with Gasteiger partial charge in [0.2, 0.25) is 0 Å². The zero-order chi connectivity index (χ0) is 18.8. The van der Waals surface area contributed by atoms with Crippen LogP contribution >= 0.6 is 11.3 Å². The molecule has 0 unspecified atom stereocenters. The van der Waals surface area contributed by atoms with Crippen molar-refractivity contribution in [1.29, 1.82) is 0 Å². The minimum absolute atomic E-state index is 0.333. The van der Waals surface area contributed by atoms with E-state index in [1.807, 2.05) is 12.1 Å². The molecule has 1 aliphatic carbocycles. The van der Waals surface area contributed by atoms with Crippen molar-refractivity contribution in [1.82, 2.24) is 10.6 Å². The molecule has 1 saturated carbocycles. The van der Waals surface area contributed by atoms with Crippen molar-refractivity contribution in [3.05, 3.63) is 46.5 Å². The molecule has 148 valence electrons. The molecule has 2 aromatic heterocycles. The first-order valence-corrected chi connectivity index (χ1v) is 10.7. The summed E-state index contributed by atoms with van der Waals surface area (Å²) in [6.07, 6.45) is 8.52. The van der Waals surface area contributed by atoms with Gasteiger partial charge in [0.05, 0.1) is 6.26 Å². The third kappa shape index (κ3) is 6.40. The van der Waals surface area contributed by atoms with Gasteiger partial charge in [-0.1, -0.05) is 12.5 Å². The van der Waals surface area contributed by atoms with Gasteiger partial charge in [-0.05, 0) is 54.7 Å². The summed E-state index contributed by atoms with van der Waals surface area (Å²) >= 11 is 1.80. The number of rotatable bonds is 11. The number of nitrogens with one attached hydrogen (secondary N) is 2. The molecule has 0 spiro atoms. The van der Waals surface area contributed by atoms with Crippen molar-refractivity contribution in [3.63, 3.8) is 0 Å². The highest BCUT2D eigenvalue weighted by Gasteiger charge is 2.36. The molecule has 0 aliphatic heterocycles. The van der Waals surface area contributed by atoms with E-state index in [1.165, 1.54) is 24.1 Å².